The zero-order chi connectivity index (χ0) is 9.54. The zero-order valence-electron chi connectivity index (χ0n) is 6.94. The maximum absolute atomic E-state index is 5.86. The minimum absolute atomic E-state index is 0.313. The van der Waals surface area contributed by atoms with Gasteiger partial charge in [-0.1, -0.05) is 11.6 Å². The smallest absolute Gasteiger partial charge is 0.229 e. The van der Waals surface area contributed by atoms with Crippen molar-refractivity contribution >= 4 is 33.8 Å². The van der Waals surface area contributed by atoms with Gasteiger partial charge in [0.1, 0.15) is 11.8 Å². The van der Waals surface area contributed by atoms with Crippen LogP contribution in [0.5, 0.6) is 0 Å². The summed E-state index contributed by atoms with van der Waals surface area (Å²) in [6, 6.07) is 3.71. The fourth-order valence-electron chi connectivity index (χ4n) is 1.38. The second-order valence-electron chi connectivity index (χ2n) is 2.80. The van der Waals surface area contributed by atoms with E-state index in [1.807, 2.05) is 12.1 Å². The van der Waals surface area contributed by atoms with E-state index in [0.717, 1.165) is 5.39 Å². The molecule has 0 aliphatic heterocycles. The Balaban J connectivity index is 2.63. The molecule has 3 rings (SSSR count). The van der Waals surface area contributed by atoms with E-state index in [1.54, 1.807) is 6.20 Å². The largest absolute Gasteiger partial charge is 0.433 e. The molecule has 68 valence electrons. The summed E-state index contributed by atoms with van der Waals surface area (Å²) < 4.78 is 5.42. The molecule has 3 aromatic rings. The predicted octanol–water partition coefficient (Wildman–Crippen LogP) is 2.42. The third-order valence-electron chi connectivity index (χ3n) is 1.99. The summed E-state index contributed by atoms with van der Waals surface area (Å²) in [5.74, 6) is 0. The fraction of sp³-hybridized carbons (Fsp3) is 0. The Labute approximate surface area is 83.6 Å². The van der Waals surface area contributed by atoms with Crippen LogP contribution in [0.1, 0.15) is 0 Å². The summed E-state index contributed by atoms with van der Waals surface area (Å²) in [7, 11) is 0. The second kappa shape index (κ2) is 2.65. The minimum Gasteiger partial charge on any atom is -0.433 e. The molecule has 0 unspecified atom stereocenters. The predicted molar refractivity (Wildman–Crippen MR) is 52.1 cm³/mol. The molecule has 4 nitrogen and oxygen atoms in total. The standard InChI is InChI=1S/C9H4ClN3O/c10-8-7-6(12-4-13-8)5-2-1-3-11-9(5)14-7/h1-4H. The lowest BCUT2D eigenvalue weighted by molar-refractivity contribution is 0.651. The van der Waals surface area contributed by atoms with Crippen molar-refractivity contribution < 1.29 is 4.42 Å². The van der Waals surface area contributed by atoms with Gasteiger partial charge in [0.2, 0.25) is 5.71 Å². The second-order valence-corrected chi connectivity index (χ2v) is 3.16. The Morgan fingerprint density at radius 3 is 3.07 bits per heavy atom. The molecule has 0 saturated heterocycles. The molecule has 5 heteroatoms. The zero-order valence-corrected chi connectivity index (χ0v) is 7.69. The van der Waals surface area contributed by atoms with Crippen molar-refractivity contribution in [1.29, 1.82) is 0 Å². The molecular weight excluding hydrogens is 202 g/mol. The number of rotatable bonds is 0. The van der Waals surface area contributed by atoms with Crippen molar-refractivity contribution in [2.75, 3.05) is 0 Å². The summed E-state index contributed by atoms with van der Waals surface area (Å²) >= 11 is 5.86. The number of hydrogen-bond acceptors (Lipinski definition) is 4. The molecule has 0 fully saturated rings. The highest BCUT2D eigenvalue weighted by Crippen LogP contribution is 2.28. The van der Waals surface area contributed by atoms with Gasteiger partial charge in [-0.25, -0.2) is 15.0 Å². The highest BCUT2D eigenvalue weighted by Gasteiger charge is 2.11. The molecule has 14 heavy (non-hydrogen) atoms. The number of hydrogen-bond donors (Lipinski definition) is 0. The molecule has 3 aromatic heterocycles. The third kappa shape index (κ3) is 0.914. The van der Waals surface area contributed by atoms with Crippen LogP contribution in [-0.2, 0) is 0 Å². The highest BCUT2D eigenvalue weighted by atomic mass is 35.5. The highest BCUT2D eigenvalue weighted by molar-refractivity contribution is 6.34. The molecule has 0 N–H and O–H groups in total. The van der Waals surface area contributed by atoms with Gasteiger partial charge in [-0.15, -0.1) is 0 Å². The van der Waals surface area contributed by atoms with E-state index in [9.17, 15) is 0 Å². The van der Waals surface area contributed by atoms with E-state index in [-0.39, 0.29) is 0 Å². The molecular formula is C9H4ClN3O. The lowest BCUT2D eigenvalue weighted by Gasteiger charge is -1.87. The molecule has 0 amide bonds. The van der Waals surface area contributed by atoms with Gasteiger partial charge in [0.05, 0.1) is 5.39 Å². The van der Waals surface area contributed by atoms with E-state index in [4.69, 9.17) is 16.0 Å². The fourth-order valence-corrected chi connectivity index (χ4v) is 1.56. The number of aromatic nitrogens is 3. The summed E-state index contributed by atoms with van der Waals surface area (Å²) in [4.78, 5) is 12.0. The van der Waals surface area contributed by atoms with Crippen molar-refractivity contribution in [3.63, 3.8) is 0 Å². The van der Waals surface area contributed by atoms with Crippen molar-refractivity contribution in [3.8, 4) is 0 Å². The van der Waals surface area contributed by atoms with Gasteiger partial charge in [0.25, 0.3) is 0 Å². The van der Waals surface area contributed by atoms with Gasteiger partial charge in [0, 0.05) is 6.20 Å². The Hall–Kier alpha value is -1.68. The number of furan rings is 1. The Bertz CT molecular complexity index is 620. The maximum atomic E-state index is 5.86. The average Bonchev–Trinajstić information content (AvgIpc) is 2.59. The van der Waals surface area contributed by atoms with Gasteiger partial charge in [0.15, 0.2) is 10.7 Å². The molecule has 0 aliphatic carbocycles. The van der Waals surface area contributed by atoms with Crippen LogP contribution in [0.2, 0.25) is 5.15 Å². The summed E-state index contributed by atoms with van der Waals surface area (Å²) in [5.41, 5.74) is 1.72. The molecule has 0 aromatic carbocycles. The minimum atomic E-state index is 0.313. The van der Waals surface area contributed by atoms with Crippen molar-refractivity contribution in [1.82, 2.24) is 15.0 Å². The van der Waals surface area contributed by atoms with E-state index in [2.05, 4.69) is 15.0 Å². The van der Waals surface area contributed by atoms with Crippen LogP contribution < -0.4 is 0 Å². The SMILES string of the molecule is Clc1ncnc2c1oc1ncccc12. The molecule has 0 atom stereocenters. The Morgan fingerprint density at radius 1 is 1.21 bits per heavy atom. The maximum Gasteiger partial charge on any atom is 0.229 e. The Morgan fingerprint density at radius 2 is 2.14 bits per heavy atom. The molecule has 0 aliphatic rings. The topological polar surface area (TPSA) is 51.8 Å². The molecule has 0 saturated carbocycles. The molecule has 3 heterocycles. The number of nitrogens with zero attached hydrogens (tertiary/aromatic N) is 3. The van der Waals surface area contributed by atoms with Crippen LogP contribution >= 0.6 is 11.6 Å². The molecule has 0 spiro atoms. The average molecular weight is 206 g/mol. The van der Waals surface area contributed by atoms with Crippen LogP contribution in [0, 0.1) is 0 Å². The van der Waals surface area contributed by atoms with E-state index >= 15 is 0 Å². The van der Waals surface area contributed by atoms with E-state index < -0.39 is 0 Å². The van der Waals surface area contributed by atoms with Gasteiger partial charge >= 0.3 is 0 Å². The van der Waals surface area contributed by atoms with Crippen LogP contribution in [0.25, 0.3) is 22.2 Å². The van der Waals surface area contributed by atoms with Crippen molar-refractivity contribution in [2.24, 2.45) is 0 Å². The first-order chi connectivity index (χ1) is 6.86. The summed E-state index contributed by atoms with van der Waals surface area (Å²) in [5, 5.41) is 1.17. The molecule has 0 radical (unpaired) electrons. The number of fused-ring (bicyclic) bond motifs is 3. The Kier molecular flexibility index (Phi) is 1.46. The summed E-state index contributed by atoms with van der Waals surface area (Å²) in [6.07, 6.45) is 3.07. The van der Waals surface area contributed by atoms with Crippen LogP contribution in [-0.4, -0.2) is 15.0 Å². The van der Waals surface area contributed by atoms with E-state index in [0.29, 0.717) is 22.0 Å². The lowest BCUT2D eigenvalue weighted by atomic mass is 10.3. The van der Waals surface area contributed by atoms with Crippen LogP contribution in [0.4, 0.5) is 0 Å². The summed E-state index contributed by atoms with van der Waals surface area (Å²) in [6.45, 7) is 0. The van der Waals surface area contributed by atoms with Crippen molar-refractivity contribution in [3.05, 3.63) is 29.8 Å². The normalized spacial score (nSPS) is 11.2. The first kappa shape index (κ1) is 7.70. The van der Waals surface area contributed by atoms with Crippen LogP contribution in [0.3, 0.4) is 0 Å². The van der Waals surface area contributed by atoms with Gasteiger partial charge in [-0.05, 0) is 12.1 Å². The first-order valence-corrected chi connectivity index (χ1v) is 4.38. The quantitative estimate of drug-likeness (QED) is 0.529. The monoisotopic (exact) mass is 205 g/mol. The first-order valence-electron chi connectivity index (χ1n) is 4.00. The molecule has 0 bridgehead atoms. The number of halogens is 1. The van der Waals surface area contributed by atoms with Gasteiger partial charge in [-0.3, -0.25) is 0 Å². The van der Waals surface area contributed by atoms with E-state index in [1.165, 1.54) is 6.33 Å². The number of pyridine rings is 1. The van der Waals surface area contributed by atoms with Gasteiger partial charge < -0.3 is 4.42 Å². The van der Waals surface area contributed by atoms with Crippen LogP contribution in [0.15, 0.2) is 29.1 Å². The lowest BCUT2D eigenvalue weighted by Crippen LogP contribution is -1.78. The van der Waals surface area contributed by atoms with Gasteiger partial charge in [-0.2, -0.15) is 0 Å². The van der Waals surface area contributed by atoms with Crippen molar-refractivity contribution in [2.45, 2.75) is 0 Å². The third-order valence-corrected chi connectivity index (χ3v) is 2.25.